The number of aromatic amines is 1. The van der Waals surface area contributed by atoms with Crippen molar-refractivity contribution < 1.29 is 14.1 Å². The zero-order valence-electron chi connectivity index (χ0n) is 13.1. The minimum absolute atomic E-state index is 0.0736. The van der Waals surface area contributed by atoms with Crippen LogP contribution in [0.15, 0.2) is 35.0 Å². The lowest BCUT2D eigenvalue weighted by molar-refractivity contribution is 0.0734. The molecule has 0 spiro atoms. The van der Waals surface area contributed by atoms with Crippen LogP contribution in [0.1, 0.15) is 29.0 Å². The number of nitrogens with zero attached hydrogens (tertiary/aromatic N) is 3. The van der Waals surface area contributed by atoms with Gasteiger partial charge in [0.1, 0.15) is 13.2 Å². The highest BCUT2D eigenvalue weighted by Crippen LogP contribution is 2.16. The number of benzene rings is 1. The average Bonchev–Trinajstić information content (AvgIpc) is 3.20. The van der Waals surface area contributed by atoms with E-state index >= 15 is 0 Å². The second-order valence-corrected chi connectivity index (χ2v) is 5.14. The maximum absolute atomic E-state index is 12.7. The Balaban J connectivity index is 1.77. The van der Waals surface area contributed by atoms with Crippen molar-refractivity contribution >= 4 is 16.8 Å². The molecule has 7 nitrogen and oxygen atoms in total. The fourth-order valence-electron chi connectivity index (χ4n) is 2.40. The van der Waals surface area contributed by atoms with Gasteiger partial charge in [0, 0.05) is 30.9 Å². The van der Waals surface area contributed by atoms with Gasteiger partial charge in [-0.3, -0.25) is 4.79 Å². The molecule has 3 aromatic rings. The van der Waals surface area contributed by atoms with Crippen LogP contribution in [0.4, 0.5) is 0 Å². The second kappa shape index (κ2) is 6.62. The number of hydrogen-bond acceptors (Lipinski definition) is 5. The van der Waals surface area contributed by atoms with E-state index in [1.807, 2.05) is 37.4 Å². The van der Waals surface area contributed by atoms with Gasteiger partial charge in [0.05, 0.1) is 0 Å². The number of methoxy groups -OCH3 is 1. The van der Waals surface area contributed by atoms with Gasteiger partial charge in [-0.25, -0.2) is 0 Å². The predicted molar refractivity (Wildman–Crippen MR) is 83.7 cm³/mol. The Labute approximate surface area is 133 Å². The Hall–Kier alpha value is -2.67. The quantitative estimate of drug-likeness (QED) is 0.755. The van der Waals surface area contributed by atoms with Crippen LogP contribution < -0.4 is 0 Å². The summed E-state index contributed by atoms with van der Waals surface area (Å²) in [5.74, 6) is 0.794. The first kappa shape index (κ1) is 15.2. The highest BCUT2D eigenvalue weighted by Gasteiger charge is 2.18. The number of nitrogens with one attached hydrogen (secondary N) is 1. The van der Waals surface area contributed by atoms with Crippen LogP contribution >= 0.6 is 0 Å². The summed E-state index contributed by atoms with van der Waals surface area (Å²) >= 11 is 0. The first-order chi connectivity index (χ1) is 11.2. The van der Waals surface area contributed by atoms with Gasteiger partial charge in [0.2, 0.25) is 5.89 Å². The van der Waals surface area contributed by atoms with Crippen molar-refractivity contribution in [2.45, 2.75) is 20.1 Å². The minimum Gasteiger partial charge on any atom is -0.377 e. The van der Waals surface area contributed by atoms with E-state index < -0.39 is 0 Å². The molecular weight excluding hydrogens is 296 g/mol. The zero-order valence-corrected chi connectivity index (χ0v) is 13.1. The topological polar surface area (TPSA) is 84.2 Å². The van der Waals surface area contributed by atoms with Gasteiger partial charge in [-0.05, 0) is 30.5 Å². The molecular formula is C16H18N4O3. The van der Waals surface area contributed by atoms with Crippen LogP contribution in [0.5, 0.6) is 0 Å². The average molecular weight is 314 g/mol. The lowest BCUT2D eigenvalue weighted by Crippen LogP contribution is -2.30. The van der Waals surface area contributed by atoms with Crippen LogP contribution in [0.25, 0.3) is 10.9 Å². The van der Waals surface area contributed by atoms with Crippen molar-refractivity contribution in [2.24, 2.45) is 0 Å². The van der Waals surface area contributed by atoms with E-state index in [0.717, 1.165) is 10.9 Å². The van der Waals surface area contributed by atoms with Gasteiger partial charge in [-0.1, -0.05) is 11.2 Å². The Morgan fingerprint density at radius 1 is 1.39 bits per heavy atom. The lowest BCUT2D eigenvalue weighted by atomic mass is 10.1. The van der Waals surface area contributed by atoms with Crippen LogP contribution in [-0.4, -0.2) is 39.6 Å². The monoisotopic (exact) mass is 314 g/mol. The molecule has 7 heteroatoms. The van der Waals surface area contributed by atoms with Gasteiger partial charge < -0.3 is 19.1 Å². The number of fused-ring (bicyclic) bond motifs is 1. The SMILES string of the molecule is CCN(Cc1nc(COC)no1)C(=O)c1ccc2cc[nH]c2c1. The molecule has 120 valence electrons. The summed E-state index contributed by atoms with van der Waals surface area (Å²) in [6.07, 6.45) is 1.85. The fourth-order valence-corrected chi connectivity index (χ4v) is 2.40. The lowest BCUT2D eigenvalue weighted by Gasteiger charge is -2.18. The zero-order chi connectivity index (χ0) is 16.2. The molecule has 0 unspecified atom stereocenters. The maximum atomic E-state index is 12.7. The fraction of sp³-hybridized carbons (Fsp3) is 0.312. The number of H-pyrrole nitrogens is 1. The van der Waals surface area contributed by atoms with Crippen LogP contribution in [0, 0.1) is 0 Å². The van der Waals surface area contributed by atoms with E-state index in [-0.39, 0.29) is 19.1 Å². The number of hydrogen-bond donors (Lipinski definition) is 1. The summed E-state index contributed by atoms with van der Waals surface area (Å²) in [6, 6.07) is 7.57. The molecule has 2 heterocycles. The van der Waals surface area contributed by atoms with Crippen molar-refractivity contribution in [1.82, 2.24) is 20.0 Å². The Morgan fingerprint density at radius 3 is 3.04 bits per heavy atom. The standard InChI is InChI=1S/C16H18N4O3/c1-3-20(9-15-18-14(10-22-2)19-23-15)16(21)12-5-4-11-6-7-17-13(11)8-12/h4-8,17H,3,9-10H2,1-2H3. The largest absolute Gasteiger partial charge is 0.377 e. The predicted octanol–water partition coefficient (Wildman–Crippen LogP) is 2.36. The summed E-state index contributed by atoms with van der Waals surface area (Å²) in [7, 11) is 1.56. The van der Waals surface area contributed by atoms with Crippen molar-refractivity contribution in [3.05, 3.63) is 47.7 Å². The van der Waals surface area contributed by atoms with E-state index in [4.69, 9.17) is 9.26 Å². The summed E-state index contributed by atoms with van der Waals surface area (Å²) in [5.41, 5.74) is 1.56. The van der Waals surface area contributed by atoms with Crippen molar-refractivity contribution in [2.75, 3.05) is 13.7 Å². The van der Waals surface area contributed by atoms with Crippen molar-refractivity contribution in [3.8, 4) is 0 Å². The molecule has 0 saturated heterocycles. The molecule has 1 N–H and O–H groups in total. The highest BCUT2D eigenvalue weighted by atomic mass is 16.5. The summed E-state index contributed by atoms with van der Waals surface area (Å²) in [4.78, 5) is 21.7. The van der Waals surface area contributed by atoms with Crippen LogP contribution in [0.2, 0.25) is 0 Å². The highest BCUT2D eigenvalue weighted by molar-refractivity contribution is 5.97. The molecule has 3 rings (SSSR count). The molecule has 0 aliphatic heterocycles. The van der Waals surface area contributed by atoms with Gasteiger partial charge in [0.15, 0.2) is 5.82 Å². The van der Waals surface area contributed by atoms with Gasteiger partial charge >= 0.3 is 0 Å². The number of rotatable bonds is 6. The number of amides is 1. The summed E-state index contributed by atoms with van der Waals surface area (Å²) < 4.78 is 10.1. The van der Waals surface area contributed by atoms with E-state index in [1.165, 1.54) is 0 Å². The molecule has 1 amide bonds. The molecule has 0 saturated carbocycles. The third kappa shape index (κ3) is 3.24. The molecule has 2 aromatic heterocycles. The van der Waals surface area contributed by atoms with Gasteiger partial charge in [-0.2, -0.15) is 4.98 Å². The first-order valence-corrected chi connectivity index (χ1v) is 7.38. The number of ether oxygens (including phenoxy) is 1. The molecule has 0 aliphatic carbocycles. The van der Waals surface area contributed by atoms with E-state index in [2.05, 4.69) is 15.1 Å². The number of aromatic nitrogens is 3. The molecule has 23 heavy (non-hydrogen) atoms. The van der Waals surface area contributed by atoms with Crippen molar-refractivity contribution in [1.29, 1.82) is 0 Å². The maximum Gasteiger partial charge on any atom is 0.254 e. The summed E-state index contributed by atoms with van der Waals surface area (Å²) in [5, 5.41) is 4.88. The third-order valence-corrected chi connectivity index (χ3v) is 3.58. The smallest absolute Gasteiger partial charge is 0.254 e. The van der Waals surface area contributed by atoms with Gasteiger partial charge in [0.25, 0.3) is 5.91 Å². The van der Waals surface area contributed by atoms with Crippen molar-refractivity contribution in [3.63, 3.8) is 0 Å². The Bertz CT molecular complexity index is 808. The van der Waals surface area contributed by atoms with Crippen LogP contribution in [-0.2, 0) is 17.9 Å². The Morgan fingerprint density at radius 2 is 2.26 bits per heavy atom. The third-order valence-electron chi connectivity index (χ3n) is 3.58. The summed E-state index contributed by atoms with van der Waals surface area (Å²) in [6.45, 7) is 3.02. The molecule has 0 bridgehead atoms. The minimum atomic E-state index is -0.0736. The molecule has 0 aliphatic rings. The first-order valence-electron chi connectivity index (χ1n) is 7.38. The number of carbonyl (C=O) groups is 1. The van der Waals surface area contributed by atoms with E-state index in [0.29, 0.717) is 23.8 Å². The second-order valence-electron chi connectivity index (χ2n) is 5.14. The number of carbonyl (C=O) groups excluding carboxylic acids is 1. The molecule has 0 atom stereocenters. The van der Waals surface area contributed by atoms with Crippen LogP contribution in [0.3, 0.4) is 0 Å². The van der Waals surface area contributed by atoms with E-state index in [1.54, 1.807) is 12.0 Å². The molecule has 1 aromatic carbocycles. The van der Waals surface area contributed by atoms with Gasteiger partial charge in [-0.15, -0.1) is 0 Å². The normalized spacial score (nSPS) is 11.0. The molecule has 0 fully saturated rings. The Kier molecular flexibility index (Phi) is 4.38. The molecule has 0 radical (unpaired) electrons. The van der Waals surface area contributed by atoms with E-state index in [9.17, 15) is 4.79 Å².